The van der Waals surface area contributed by atoms with E-state index < -0.39 is 0 Å². The van der Waals surface area contributed by atoms with Crippen molar-refractivity contribution in [3.05, 3.63) is 49.4 Å². The average Bonchev–Trinajstić information content (AvgIpc) is 3.18. The number of carbonyl (C=O) groups is 1. The van der Waals surface area contributed by atoms with E-state index in [1.165, 1.54) is 11.3 Å². The third-order valence-electron chi connectivity index (χ3n) is 4.30. The van der Waals surface area contributed by atoms with Crippen LogP contribution in [0.3, 0.4) is 0 Å². The second-order valence-corrected chi connectivity index (χ2v) is 9.04. The lowest BCUT2D eigenvalue weighted by atomic mass is 9.96. The van der Waals surface area contributed by atoms with Crippen molar-refractivity contribution in [1.29, 1.82) is 0 Å². The van der Waals surface area contributed by atoms with Crippen molar-refractivity contribution in [1.82, 2.24) is 9.88 Å². The molecule has 3 heterocycles. The average molecular weight is 470 g/mol. The number of para-hydroxylation sites is 2. The van der Waals surface area contributed by atoms with Crippen LogP contribution in [0.25, 0.3) is 11.1 Å². The Balaban J connectivity index is 1.45. The number of carbonyl (C=O) groups excluding carboxylic acids is 1. The molecule has 1 aliphatic rings. The first kappa shape index (κ1) is 16.3. The van der Waals surface area contributed by atoms with Gasteiger partial charge in [-0.15, -0.1) is 11.3 Å². The van der Waals surface area contributed by atoms with Crippen molar-refractivity contribution in [2.45, 2.75) is 18.8 Å². The monoisotopic (exact) mass is 468 g/mol. The third-order valence-corrected chi connectivity index (χ3v) is 7.54. The van der Waals surface area contributed by atoms with Crippen molar-refractivity contribution < 1.29 is 9.21 Å². The van der Waals surface area contributed by atoms with Crippen molar-refractivity contribution in [3.63, 3.8) is 0 Å². The van der Waals surface area contributed by atoms with E-state index in [4.69, 9.17) is 4.42 Å². The van der Waals surface area contributed by atoms with E-state index in [1.54, 1.807) is 0 Å². The topological polar surface area (TPSA) is 46.3 Å². The van der Waals surface area contributed by atoms with E-state index in [9.17, 15) is 4.79 Å². The summed E-state index contributed by atoms with van der Waals surface area (Å²) in [6, 6.07) is 9.71. The Hall–Kier alpha value is -1.18. The number of thiophene rings is 1. The molecule has 0 saturated carbocycles. The lowest BCUT2D eigenvalue weighted by Gasteiger charge is -2.30. The fraction of sp³-hybridized carbons (Fsp3) is 0.294. The summed E-state index contributed by atoms with van der Waals surface area (Å²) in [5.41, 5.74) is 1.73. The summed E-state index contributed by atoms with van der Waals surface area (Å²) in [7, 11) is 0. The van der Waals surface area contributed by atoms with Crippen LogP contribution in [0.15, 0.2) is 43.0 Å². The molecule has 0 N–H and O–H groups in total. The molecule has 24 heavy (non-hydrogen) atoms. The van der Waals surface area contributed by atoms with E-state index >= 15 is 0 Å². The molecule has 0 spiro atoms. The minimum atomic E-state index is 0.0995. The van der Waals surface area contributed by atoms with Crippen LogP contribution < -0.4 is 0 Å². The van der Waals surface area contributed by atoms with Crippen LogP contribution in [0, 0.1) is 0 Å². The summed E-state index contributed by atoms with van der Waals surface area (Å²) in [6.45, 7) is 1.46. The molecule has 1 amide bonds. The minimum Gasteiger partial charge on any atom is -0.440 e. The first-order chi connectivity index (χ1) is 11.6. The van der Waals surface area contributed by atoms with Gasteiger partial charge in [0.2, 0.25) is 0 Å². The summed E-state index contributed by atoms with van der Waals surface area (Å²) in [6.07, 6.45) is 1.76. The number of hydrogen-bond donors (Lipinski definition) is 0. The third kappa shape index (κ3) is 3.05. The van der Waals surface area contributed by atoms with E-state index in [2.05, 4.69) is 36.8 Å². The van der Waals surface area contributed by atoms with Gasteiger partial charge in [0.15, 0.2) is 11.5 Å². The summed E-state index contributed by atoms with van der Waals surface area (Å²) in [4.78, 5) is 19.9. The number of aromatic nitrogens is 1. The van der Waals surface area contributed by atoms with E-state index in [0.717, 1.165) is 56.1 Å². The van der Waals surface area contributed by atoms with Gasteiger partial charge >= 0.3 is 0 Å². The Morgan fingerprint density at radius 2 is 2.00 bits per heavy atom. The number of rotatable bonds is 2. The van der Waals surface area contributed by atoms with Crippen LogP contribution in [-0.2, 0) is 0 Å². The maximum atomic E-state index is 12.6. The van der Waals surface area contributed by atoms with E-state index in [1.807, 2.05) is 35.2 Å². The van der Waals surface area contributed by atoms with Gasteiger partial charge in [-0.05, 0) is 62.9 Å². The molecule has 2 aromatic heterocycles. The van der Waals surface area contributed by atoms with Crippen molar-refractivity contribution in [3.8, 4) is 0 Å². The zero-order chi connectivity index (χ0) is 16.7. The second-order valence-electron chi connectivity index (χ2n) is 5.82. The van der Waals surface area contributed by atoms with Gasteiger partial charge in [0.1, 0.15) is 5.52 Å². The molecule has 1 fully saturated rings. The SMILES string of the molecule is O=C(c1cc(Br)c(Br)s1)N1CCC(c2nc3ccccc3o2)CC1. The number of benzene rings is 1. The molecule has 0 atom stereocenters. The lowest BCUT2D eigenvalue weighted by Crippen LogP contribution is -2.37. The van der Waals surface area contributed by atoms with Crippen LogP contribution in [0.2, 0.25) is 0 Å². The van der Waals surface area contributed by atoms with Gasteiger partial charge in [-0.2, -0.15) is 0 Å². The van der Waals surface area contributed by atoms with Crippen LogP contribution >= 0.6 is 43.2 Å². The highest BCUT2D eigenvalue weighted by molar-refractivity contribution is 9.13. The molecule has 1 aliphatic heterocycles. The quantitative estimate of drug-likeness (QED) is 0.502. The van der Waals surface area contributed by atoms with Gasteiger partial charge in [0.25, 0.3) is 5.91 Å². The van der Waals surface area contributed by atoms with Gasteiger partial charge in [-0.1, -0.05) is 12.1 Å². The van der Waals surface area contributed by atoms with E-state index in [-0.39, 0.29) is 11.8 Å². The number of amides is 1. The Bertz CT molecular complexity index is 845. The maximum absolute atomic E-state index is 12.6. The predicted octanol–water partition coefficient (Wildman–Crippen LogP) is 5.43. The molecule has 4 nitrogen and oxygen atoms in total. The largest absolute Gasteiger partial charge is 0.440 e. The highest BCUT2D eigenvalue weighted by Crippen LogP contribution is 2.35. The lowest BCUT2D eigenvalue weighted by molar-refractivity contribution is 0.0711. The molecule has 7 heteroatoms. The first-order valence-corrected chi connectivity index (χ1v) is 10.1. The summed E-state index contributed by atoms with van der Waals surface area (Å²) in [5.74, 6) is 1.18. The summed E-state index contributed by atoms with van der Waals surface area (Å²) in [5, 5.41) is 0. The van der Waals surface area contributed by atoms with Crippen LogP contribution in [-0.4, -0.2) is 28.9 Å². The van der Waals surface area contributed by atoms with Crippen molar-refractivity contribution >= 4 is 60.2 Å². The molecule has 124 valence electrons. The number of hydrogen-bond acceptors (Lipinski definition) is 4. The van der Waals surface area contributed by atoms with Gasteiger partial charge in [0.05, 0.1) is 8.66 Å². The summed E-state index contributed by atoms with van der Waals surface area (Å²) < 4.78 is 7.76. The fourth-order valence-corrected chi connectivity index (χ4v) is 5.01. The molecule has 0 bridgehead atoms. The molecule has 1 aromatic carbocycles. The van der Waals surface area contributed by atoms with E-state index in [0.29, 0.717) is 0 Å². The Morgan fingerprint density at radius 1 is 1.25 bits per heavy atom. The summed E-state index contributed by atoms with van der Waals surface area (Å²) >= 11 is 8.35. The molecule has 3 aromatic rings. The Kier molecular flexibility index (Phi) is 4.49. The van der Waals surface area contributed by atoms with Crippen molar-refractivity contribution in [2.75, 3.05) is 13.1 Å². The van der Waals surface area contributed by atoms with Gasteiger partial charge in [-0.3, -0.25) is 4.79 Å². The van der Waals surface area contributed by atoms with Crippen LogP contribution in [0.5, 0.6) is 0 Å². The molecular weight excluding hydrogens is 456 g/mol. The van der Waals surface area contributed by atoms with Gasteiger partial charge in [0, 0.05) is 23.5 Å². The number of piperidine rings is 1. The zero-order valence-corrected chi connectivity index (χ0v) is 16.7. The fourth-order valence-electron chi connectivity index (χ4n) is 3.00. The van der Waals surface area contributed by atoms with Crippen LogP contribution in [0.4, 0.5) is 0 Å². The van der Waals surface area contributed by atoms with Crippen LogP contribution in [0.1, 0.15) is 34.3 Å². The van der Waals surface area contributed by atoms with Crippen molar-refractivity contribution in [2.24, 2.45) is 0 Å². The minimum absolute atomic E-state index is 0.0995. The highest BCUT2D eigenvalue weighted by atomic mass is 79.9. The molecule has 0 unspecified atom stereocenters. The number of halogens is 2. The smallest absolute Gasteiger partial charge is 0.264 e. The first-order valence-electron chi connectivity index (χ1n) is 7.71. The zero-order valence-electron chi connectivity index (χ0n) is 12.7. The molecular formula is C17H14Br2N2O2S. The predicted molar refractivity (Wildman–Crippen MR) is 102 cm³/mol. The maximum Gasteiger partial charge on any atom is 0.264 e. The molecule has 4 rings (SSSR count). The highest BCUT2D eigenvalue weighted by Gasteiger charge is 2.28. The van der Waals surface area contributed by atoms with Gasteiger partial charge < -0.3 is 9.32 Å². The Morgan fingerprint density at radius 3 is 2.67 bits per heavy atom. The number of oxazole rings is 1. The number of likely N-dealkylation sites (tertiary alicyclic amines) is 1. The van der Waals surface area contributed by atoms with Gasteiger partial charge in [-0.25, -0.2) is 4.98 Å². The molecule has 0 radical (unpaired) electrons. The molecule has 1 saturated heterocycles. The second kappa shape index (κ2) is 6.61. The number of fused-ring (bicyclic) bond motifs is 1. The normalized spacial score (nSPS) is 16.0. The Labute approximate surface area is 160 Å². The molecule has 0 aliphatic carbocycles. The number of nitrogens with zero attached hydrogens (tertiary/aromatic N) is 2. The standard InChI is InChI=1S/C17H14Br2N2O2S/c18-11-9-14(24-15(11)19)17(22)21-7-5-10(6-8-21)16-20-12-3-1-2-4-13(12)23-16/h1-4,9-10H,5-8H2.